The minimum atomic E-state index is -4.48. The molecule has 0 aliphatic carbocycles. The normalized spacial score (nSPS) is 15.2. The van der Waals surface area contributed by atoms with Crippen molar-refractivity contribution in [3.05, 3.63) is 47.3 Å². The molecule has 0 saturated carbocycles. The molecule has 3 aromatic rings. The minimum absolute atomic E-state index is 0.169. The number of benzene rings is 1. The van der Waals surface area contributed by atoms with Crippen LogP contribution in [0.2, 0.25) is 0 Å². The Kier molecular flexibility index (Phi) is 3.95. The van der Waals surface area contributed by atoms with Gasteiger partial charge in [-0.15, -0.1) is 10.2 Å². The highest BCUT2D eigenvalue weighted by atomic mass is 19.4. The van der Waals surface area contributed by atoms with Gasteiger partial charge in [-0.25, -0.2) is 9.98 Å². The van der Waals surface area contributed by atoms with Crippen LogP contribution >= 0.6 is 0 Å². The Morgan fingerprint density at radius 3 is 2.83 bits per heavy atom. The van der Waals surface area contributed by atoms with E-state index in [-0.39, 0.29) is 13.2 Å². The SMILES string of the molecule is COCc1nnc2n1Cc1c(C3=NCCO3)ncn1-c1ccc(C(F)(F)F)cc1-2. The number of aliphatic imine (C=N–C) groups is 1. The first kappa shape index (κ1) is 17.9. The van der Waals surface area contributed by atoms with Crippen molar-refractivity contribution in [1.29, 1.82) is 0 Å². The van der Waals surface area contributed by atoms with Gasteiger partial charge in [0, 0.05) is 12.7 Å². The number of aromatic nitrogens is 5. The second-order valence-corrected chi connectivity index (χ2v) is 6.63. The highest BCUT2D eigenvalue weighted by Crippen LogP contribution is 2.37. The Morgan fingerprint density at radius 1 is 1.24 bits per heavy atom. The lowest BCUT2D eigenvalue weighted by Crippen LogP contribution is -2.12. The zero-order valence-electron chi connectivity index (χ0n) is 15.3. The molecule has 2 aliphatic heterocycles. The number of hydrogen-bond acceptors (Lipinski definition) is 6. The molecule has 0 amide bonds. The van der Waals surface area contributed by atoms with Crippen molar-refractivity contribution in [2.75, 3.05) is 20.3 Å². The summed E-state index contributed by atoms with van der Waals surface area (Å²) in [7, 11) is 1.52. The molecule has 0 spiro atoms. The van der Waals surface area contributed by atoms with E-state index in [0.717, 1.165) is 17.8 Å². The van der Waals surface area contributed by atoms with Gasteiger partial charge in [0.05, 0.1) is 30.0 Å². The molecule has 2 aliphatic rings. The Hall–Kier alpha value is -3.21. The molecule has 1 aromatic carbocycles. The summed E-state index contributed by atoms with van der Waals surface area (Å²) in [6, 6.07) is 3.56. The van der Waals surface area contributed by atoms with E-state index in [4.69, 9.17) is 9.47 Å². The molecule has 0 fully saturated rings. The van der Waals surface area contributed by atoms with Gasteiger partial charge in [0.15, 0.2) is 11.6 Å². The number of hydrogen-bond donors (Lipinski definition) is 0. The molecule has 5 rings (SSSR count). The Bertz CT molecular complexity index is 1130. The van der Waals surface area contributed by atoms with E-state index in [2.05, 4.69) is 20.2 Å². The summed E-state index contributed by atoms with van der Waals surface area (Å²) in [4.78, 5) is 8.75. The molecule has 0 unspecified atom stereocenters. The first-order chi connectivity index (χ1) is 14.0. The molecule has 4 heterocycles. The second-order valence-electron chi connectivity index (χ2n) is 6.63. The molecule has 29 heavy (non-hydrogen) atoms. The quantitative estimate of drug-likeness (QED) is 0.524. The third-order valence-corrected chi connectivity index (χ3v) is 4.89. The lowest BCUT2D eigenvalue weighted by molar-refractivity contribution is -0.137. The molecule has 8 nitrogen and oxygen atoms in total. The number of methoxy groups -OCH3 is 1. The summed E-state index contributed by atoms with van der Waals surface area (Å²) in [5.41, 5.74) is 1.36. The highest BCUT2D eigenvalue weighted by Gasteiger charge is 2.34. The lowest BCUT2D eigenvalue weighted by atomic mass is 10.1. The average Bonchev–Trinajstić information content (AvgIpc) is 3.41. The van der Waals surface area contributed by atoms with Crippen LogP contribution in [0.1, 0.15) is 22.8 Å². The Morgan fingerprint density at radius 2 is 2.10 bits per heavy atom. The van der Waals surface area contributed by atoms with Gasteiger partial charge in [-0.1, -0.05) is 0 Å². The van der Waals surface area contributed by atoms with Crippen molar-refractivity contribution >= 4 is 5.90 Å². The van der Waals surface area contributed by atoms with Gasteiger partial charge in [0.2, 0.25) is 5.90 Å². The van der Waals surface area contributed by atoms with Gasteiger partial charge < -0.3 is 14.0 Å². The third kappa shape index (κ3) is 2.80. The molecular weight excluding hydrogens is 389 g/mol. The molecule has 0 atom stereocenters. The van der Waals surface area contributed by atoms with E-state index >= 15 is 0 Å². The summed E-state index contributed by atoms with van der Waals surface area (Å²) in [5.74, 6) is 1.26. The first-order valence-corrected chi connectivity index (χ1v) is 8.84. The van der Waals surface area contributed by atoms with Crippen LogP contribution in [-0.4, -0.2) is 50.5 Å². The van der Waals surface area contributed by atoms with Crippen molar-refractivity contribution in [3.63, 3.8) is 0 Å². The monoisotopic (exact) mass is 404 g/mol. The van der Waals surface area contributed by atoms with Gasteiger partial charge in [-0.2, -0.15) is 13.2 Å². The maximum atomic E-state index is 13.4. The van der Waals surface area contributed by atoms with Crippen LogP contribution in [0.25, 0.3) is 17.1 Å². The number of ether oxygens (including phenoxy) is 2. The number of nitrogens with zero attached hydrogens (tertiary/aromatic N) is 6. The fraction of sp³-hybridized carbons (Fsp3) is 0.333. The van der Waals surface area contributed by atoms with Crippen molar-refractivity contribution in [1.82, 2.24) is 24.3 Å². The van der Waals surface area contributed by atoms with E-state index in [1.807, 2.05) is 0 Å². The van der Waals surface area contributed by atoms with E-state index < -0.39 is 11.7 Å². The predicted molar refractivity (Wildman–Crippen MR) is 94.8 cm³/mol. The number of rotatable bonds is 3. The van der Waals surface area contributed by atoms with Crippen LogP contribution < -0.4 is 0 Å². The molecule has 0 saturated heterocycles. The number of fused-ring (bicyclic) bond motifs is 5. The Balaban J connectivity index is 1.77. The molecular formula is C18H15F3N6O2. The number of imidazole rings is 1. The second kappa shape index (κ2) is 6.41. The fourth-order valence-corrected chi connectivity index (χ4v) is 3.58. The smallest absolute Gasteiger partial charge is 0.416 e. The van der Waals surface area contributed by atoms with Crippen molar-refractivity contribution < 1.29 is 22.6 Å². The van der Waals surface area contributed by atoms with Gasteiger partial charge >= 0.3 is 6.18 Å². The van der Waals surface area contributed by atoms with Crippen LogP contribution in [0, 0.1) is 0 Å². The maximum Gasteiger partial charge on any atom is 0.416 e. The zero-order valence-corrected chi connectivity index (χ0v) is 15.3. The van der Waals surface area contributed by atoms with Crippen LogP contribution in [-0.2, 0) is 28.8 Å². The van der Waals surface area contributed by atoms with Crippen molar-refractivity contribution in [2.24, 2.45) is 4.99 Å². The van der Waals surface area contributed by atoms with Crippen molar-refractivity contribution in [3.8, 4) is 17.1 Å². The topological polar surface area (TPSA) is 79.3 Å². The zero-order chi connectivity index (χ0) is 20.2. The summed E-state index contributed by atoms with van der Waals surface area (Å²) in [5, 5.41) is 8.28. The summed E-state index contributed by atoms with van der Waals surface area (Å²) in [6.45, 7) is 1.47. The summed E-state index contributed by atoms with van der Waals surface area (Å²) < 4.78 is 54.3. The van der Waals surface area contributed by atoms with E-state index in [9.17, 15) is 13.2 Å². The number of alkyl halides is 3. The van der Waals surface area contributed by atoms with Crippen molar-refractivity contribution in [2.45, 2.75) is 19.3 Å². The van der Waals surface area contributed by atoms with E-state index in [1.165, 1.54) is 13.2 Å². The molecule has 0 N–H and O–H groups in total. The molecule has 2 aromatic heterocycles. The summed E-state index contributed by atoms with van der Waals surface area (Å²) >= 11 is 0. The number of halogens is 3. The molecule has 11 heteroatoms. The van der Waals surface area contributed by atoms with E-state index in [0.29, 0.717) is 47.6 Å². The minimum Gasteiger partial charge on any atom is -0.474 e. The average molecular weight is 404 g/mol. The molecule has 150 valence electrons. The van der Waals surface area contributed by atoms with E-state index in [1.54, 1.807) is 15.5 Å². The molecule has 0 bridgehead atoms. The van der Waals surface area contributed by atoms with Crippen LogP contribution in [0.3, 0.4) is 0 Å². The summed E-state index contributed by atoms with van der Waals surface area (Å²) in [6.07, 6.45) is -2.91. The van der Waals surface area contributed by atoms with Crippen LogP contribution in [0.5, 0.6) is 0 Å². The van der Waals surface area contributed by atoms with Gasteiger partial charge in [-0.3, -0.25) is 4.57 Å². The van der Waals surface area contributed by atoms with Crippen LogP contribution in [0.15, 0.2) is 29.5 Å². The third-order valence-electron chi connectivity index (χ3n) is 4.89. The fourth-order valence-electron chi connectivity index (χ4n) is 3.58. The van der Waals surface area contributed by atoms with Crippen LogP contribution in [0.4, 0.5) is 13.2 Å². The lowest BCUT2D eigenvalue weighted by Gasteiger charge is -2.12. The standard InChI is InChI=1S/C18H15F3N6O2/c1-28-8-14-24-25-16-11-6-10(18(19,20)21)2-3-12(11)27-9-23-15(13(27)7-26(14)16)17-22-4-5-29-17/h2-3,6,9H,4-5,7-8H2,1H3. The maximum absolute atomic E-state index is 13.4. The predicted octanol–water partition coefficient (Wildman–Crippen LogP) is 2.43. The highest BCUT2D eigenvalue weighted by molar-refractivity contribution is 5.94. The van der Waals surface area contributed by atoms with Gasteiger partial charge in [0.1, 0.15) is 25.2 Å². The molecule has 0 radical (unpaired) electrons. The first-order valence-electron chi connectivity index (χ1n) is 8.84. The Labute approximate surface area is 162 Å². The largest absolute Gasteiger partial charge is 0.474 e. The van der Waals surface area contributed by atoms with Gasteiger partial charge in [0.25, 0.3) is 0 Å². The van der Waals surface area contributed by atoms with Gasteiger partial charge in [-0.05, 0) is 18.2 Å².